The number of carbonyl (C=O) groups excluding carboxylic acids is 1. The van der Waals surface area contributed by atoms with E-state index in [1.54, 1.807) is 11.8 Å². The largest absolute Gasteiger partial charge is 0.339 e. The molecular weight excluding hydrogens is 140 g/mol. The Hall–Kier alpha value is -1.04. The number of rotatable bonds is 0. The van der Waals surface area contributed by atoms with E-state index in [-0.39, 0.29) is 17.9 Å². The Morgan fingerprint density at radius 2 is 2.36 bits per heavy atom. The molecule has 0 spiro atoms. The highest BCUT2D eigenvalue weighted by molar-refractivity contribution is 5.74. The number of hydrogen-bond donors (Lipinski definition) is 0. The quantitative estimate of drug-likeness (QED) is 0.514. The van der Waals surface area contributed by atoms with Crippen LogP contribution in [-0.2, 0) is 4.79 Å². The maximum atomic E-state index is 10.9. The molecular formula is C8H12N2O. The van der Waals surface area contributed by atoms with Gasteiger partial charge in [0.05, 0.1) is 12.0 Å². The Kier molecular flexibility index (Phi) is 2.13. The summed E-state index contributed by atoms with van der Waals surface area (Å²) in [5.74, 6) is 0.129. The van der Waals surface area contributed by atoms with E-state index in [0.29, 0.717) is 6.54 Å². The van der Waals surface area contributed by atoms with Crippen LogP contribution in [0.2, 0.25) is 0 Å². The summed E-state index contributed by atoms with van der Waals surface area (Å²) in [5, 5.41) is 8.60. The lowest BCUT2D eigenvalue weighted by Crippen LogP contribution is -2.31. The molecule has 2 atom stereocenters. The third-order valence-corrected chi connectivity index (χ3v) is 2.16. The molecule has 0 aromatic carbocycles. The summed E-state index contributed by atoms with van der Waals surface area (Å²) in [6.45, 7) is 4.15. The molecule has 0 aromatic heterocycles. The molecule has 60 valence electrons. The van der Waals surface area contributed by atoms with Gasteiger partial charge in [0.25, 0.3) is 0 Å². The van der Waals surface area contributed by atoms with Gasteiger partial charge in [-0.05, 0) is 13.3 Å². The summed E-state index contributed by atoms with van der Waals surface area (Å²) >= 11 is 0. The summed E-state index contributed by atoms with van der Waals surface area (Å²) in [4.78, 5) is 12.7. The van der Waals surface area contributed by atoms with Crippen LogP contribution in [0.5, 0.6) is 0 Å². The maximum absolute atomic E-state index is 10.9. The van der Waals surface area contributed by atoms with Crippen molar-refractivity contribution < 1.29 is 4.79 Å². The van der Waals surface area contributed by atoms with Crippen LogP contribution < -0.4 is 0 Å². The fourth-order valence-electron chi connectivity index (χ4n) is 1.56. The molecule has 3 nitrogen and oxygen atoms in total. The number of nitrogens with zero attached hydrogens (tertiary/aromatic N) is 2. The number of carbonyl (C=O) groups is 1. The van der Waals surface area contributed by atoms with Crippen molar-refractivity contribution in [2.75, 3.05) is 6.54 Å². The van der Waals surface area contributed by atoms with Gasteiger partial charge >= 0.3 is 0 Å². The van der Waals surface area contributed by atoms with Gasteiger partial charge in [-0.15, -0.1) is 0 Å². The first-order chi connectivity index (χ1) is 5.15. The molecule has 0 aliphatic carbocycles. The molecule has 1 heterocycles. The molecule has 1 aliphatic rings. The second-order valence-electron chi connectivity index (χ2n) is 3.08. The van der Waals surface area contributed by atoms with E-state index in [2.05, 4.69) is 6.07 Å². The molecule has 3 heteroatoms. The van der Waals surface area contributed by atoms with Crippen LogP contribution in [0.25, 0.3) is 0 Å². The van der Waals surface area contributed by atoms with Gasteiger partial charge in [-0.3, -0.25) is 4.79 Å². The summed E-state index contributed by atoms with van der Waals surface area (Å²) in [5.41, 5.74) is 0. The van der Waals surface area contributed by atoms with E-state index in [4.69, 9.17) is 5.26 Å². The smallest absolute Gasteiger partial charge is 0.219 e. The molecule has 1 aliphatic heterocycles. The molecule has 11 heavy (non-hydrogen) atoms. The summed E-state index contributed by atoms with van der Waals surface area (Å²) in [6.07, 6.45) is 0.829. The van der Waals surface area contributed by atoms with Crippen molar-refractivity contribution in [3.63, 3.8) is 0 Å². The molecule has 1 fully saturated rings. The fraction of sp³-hybridized carbons (Fsp3) is 0.750. The van der Waals surface area contributed by atoms with Gasteiger partial charge in [-0.25, -0.2) is 0 Å². The molecule has 0 radical (unpaired) electrons. The zero-order valence-electron chi connectivity index (χ0n) is 6.87. The minimum absolute atomic E-state index is 0.0499. The highest BCUT2D eigenvalue weighted by atomic mass is 16.2. The topological polar surface area (TPSA) is 44.1 Å². The van der Waals surface area contributed by atoms with Gasteiger partial charge in [0, 0.05) is 19.5 Å². The summed E-state index contributed by atoms with van der Waals surface area (Å²) in [6, 6.07) is 2.43. The number of hydrogen-bond acceptors (Lipinski definition) is 2. The van der Waals surface area contributed by atoms with Gasteiger partial charge < -0.3 is 4.90 Å². The Labute approximate surface area is 66.6 Å². The van der Waals surface area contributed by atoms with E-state index in [0.717, 1.165) is 6.42 Å². The van der Waals surface area contributed by atoms with Gasteiger partial charge in [0.2, 0.25) is 5.91 Å². The molecule has 1 amide bonds. The molecule has 2 unspecified atom stereocenters. The Morgan fingerprint density at radius 1 is 1.73 bits per heavy atom. The van der Waals surface area contributed by atoms with E-state index in [9.17, 15) is 4.79 Å². The second-order valence-corrected chi connectivity index (χ2v) is 3.08. The molecule has 0 N–H and O–H groups in total. The molecule has 0 bridgehead atoms. The molecule has 1 saturated heterocycles. The average Bonchev–Trinajstić information content (AvgIpc) is 2.30. The number of likely N-dealkylation sites (tertiary alicyclic amines) is 1. The fourth-order valence-corrected chi connectivity index (χ4v) is 1.56. The van der Waals surface area contributed by atoms with Crippen molar-refractivity contribution in [2.24, 2.45) is 5.92 Å². The second kappa shape index (κ2) is 2.91. The first-order valence-corrected chi connectivity index (χ1v) is 3.82. The third kappa shape index (κ3) is 1.51. The third-order valence-electron chi connectivity index (χ3n) is 2.16. The minimum Gasteiger partial charge on any atom is -0.339 e. The van der Waals surface area contributed by atoms with Crippen molar-refractivity contribution in [1.82, 2.24) is 4.90 Å². The van der Waals surface area contributed by atoms with Gasteiger partial charge in [-0.1, -0.05) is 0 Å². The van der Waals surface area contributed by atoms with Crippen LogP contribution in [0.15, 0.2) is 0 Å². The van der Waals surface area contributed by atoms with Crippen LogP contribution in [-0.4, -0.2) is 23.4 Å². The Morgan fingerprint density at radius 3 is 2.64 bits per heavy atom. The predicted molar refractivity (Wildman–Crippen MR) is 40.6 cm³/mol. The van der Waals surface area contributed by atoms with Crippen molar-refractivity contribution in [1.29, 1.82) is 5.26 Å². The zero-order chi connectivity index (χ0) is 8.43. The normalized spacial score (nSPS) is 30.1. The van der Waals surface area contributed by atoms with Crippen molar-refractivity contribution in [3.8, 4) is 6.07 Å². The summed E-state index contributed by atoms with van der Waals surface area (Å²) in [7, 11) is 0. The standard InChI is InChI=1S/C8H12N2O/c1-6-3-8(4-9)5-10(6)7(2)11/h6,8H,3,5H2,1-2H3. The highest BCUT2D eigenvalue weighted by Gasteiger charge is 2.30. The lowest BCUT2D eigenvalue weighted by Gasteiger charge is -2.18. The van der Waals surface area contributed by atoms with Crippen molar-refractivity contribution in [3.05, 3.63) is 0 Å². The van der Waals surface area contributed by atoms with Crippen LogP contribution in [0, 0.1) is 17.2 Å². The Balaban J connectivity index is 2.60. The predicted octanol–water partition coefficient (Wildman–Crippen LogP) is 0.767. The monoisotopic (exact) mass is 152 g/mol. The van der Waals surface area contributed by atoms with E-state index >= 15 is 0 Å². The minimum atomic E-state index is 0.0499. The van der Waals surface area contributed by atoms with E-state index in [1.807, 2.05) is 6.92 Å². The van der Waals surface area contributed by atoms with Gasteiger partial charge in [0.15, 0.2) is 0 Å². The van der Waals surface area contributed by atoms with E-state index < -0.39 is 0 Å². The van der Waals surface area contributed by atoms with Gasteiger partial charge in [-0.2, -0.15) is 5.26 Å². The Bertz CT molecular complexity index is 207. The molecule has 0 aromatic rings. The number of nitriles is 1. The SMILES string of the molecule is CC(=O)N1CC(C#N)CC1C. The first kappa shape index (κ1) is 8.06. The van der Waals surface area contributed by atoms with Gasteiger partial charge in [0.1, 0.15) is 0 Å². The van der Waals surface area contributed by atoms with E-state index in [1.165, 1.54) is 0 Å². The average molecular weight is 152 g/mol. The van der Waals surface area contributed by atoms with Crippen molar-refractivity contribution in [2.45, 2.75) is 26.3 Å². The van der Waals surface area contributed by atoms with Crippen LogP contribution in [0.1, 0.15) is 20.3 Å². The zero-order valence-corrected chi connectivity index (χ0v) is 6.87. The molecule has 0 saturated carbocycles. The van der Waals surface area contributed by atoms with Crippen molar-refractivity contribution >= 4 is 5.91 Å². The first-order valence-electron chi connectivity index (χ1n) is 3.82. The lowest BCUT2D eigenvalue weighted by molar-refractivity contribution is -0.129. The maximum Gasteiger partial charge on any atom is 0.219 e. The number of amides is 1. The van der Waals surface area contributed by atoms with Crippen LogP contribution >= 0.6 is 0 Å². The summed E-state index contributed by atoms with van der Waals surface area (Å²) < 4.78 is 0. The van der Waals surface area contributed by atoms with Crippen LogP contribution in [0.3, 0.4) is 0 Å². The van der Waals surface area contributed by atoms with Crippen LogP contribution in [0.4, 0.5) is 0 Å². The molecule has 1 rings (SSSR count). The highest BCUT2D eigenvalue weighted by Crippen LogP contribution is 2.21. The lowest BCUT2D eigenvalue weighted by atomic mass is 10.1.